The fraction of sp³-hybridized carbons (Fsp3) is 0.417. The smallest absolute Gasteiger partial charge is 0.244 e. The van der Waals surface area contributed by atoms with Crippen molar-refractivity contribution < 1.29 is 18.0 Å². The van der Waals surface area contributed by atoms with Gasteiger partial charge in [0.15, 0.2) is 0 Å². The van der Waals surface area contributed by atoms with Gasteiger partial charge in [-0.2, -0.15) is 0 Å². The van der Waals surface area contributed by atoms with Crippen LogP contribution < -0.4 is 9.62 Å². The number of carbonyl (C=O) groups is 2. The lowest BCUT2D eigenvalue weighted by molar-refractivity contribution is -0.140. The van der Waals surface area contributed by atoms with Crippen LogP contribution in [0.1, 0.15) is 38.7 Å². The van der Waals surface area contributed by atoms with E-state index < -0.39 is 28.5 Å². The number of carbonyl (C=O) groups excluding carboxylic acids is 2. The highest BCUT2D eigenvalue weighted by Gasteiger charge is 2.32. The van der Waals surface area contributed by atoms with E-state index in [1.54, 1.807) is 31.2 Å². The third-order valence-corrected chi connectivity index (χ3v) is 7.63. The minimum Gasteiger partial charge on any atom is -0.354 e. The van der Waals surface area contributed by atoms with Crippen LogP contribution >= 0.6 is 34.8 Å². The molecule has 0 aliphatic heterocycles. The summed E-state index contributed by atoms with van der Waals surface area (Å²) in [5.41, 5.74) is 0.830. The number of halogens is 3. The predicted octanol–water partition coefficient (Wildman–Crippen LogP) is 5.14. The van der Waals surface area contributed by atoms with E-state index in [1.807, 2.05) is 6.92 Å². The van der Waals surface area contributed by atoms with Gasteiger partial charge in [0, 0.05) is 18.1 Å². The van der Waals surface area contributed by atoms with Crippen LogP contribution in [0.3, 0.4) is 0 Å². The molecule has 0 radical (unpaired) electrons. The molecule has 0 aliphatic carbocycles. The van der Waals surface area contributed by atoms with E-state index in [-0.39, 0.29) is 28.2 Å². The number of hydrogen-bond donors (Lipinski definition) is 1. The fourth-order valence-electron chi connectivity index (χ4n) is 3.49. The summed E-state index contributed by atoms with van der Waals surface area (Å²) in [6.07, 6.45) is 3.04. The maximum atomic E-state index is 13.6. The number of amides is 2. The first-order chi connectivity index (χ1) is 16.5. The molecule has 2 amide bonds. The lowest BCUT2D eigenvalue weighted by Gasteiger charge is -2.33. The van der Waals surface area contributed by atoms with E-state index in [4.69, 9.17) is 34.8 Å². The minimum atomic E-state index is -3.87. The Morgan fingerprint density at radius 3 is 2.26 bits per heavy atom. The fourth-order valence-corrected chi connectivity index (χ4v) is 4.82. The van der Waals surface area contributed by atoms with Crippen LogP contribution in [-0.4, -0.2) is 50.5 Å². The normalized spacial score (nSPS) is 12.2. The molecule has 0 spiro atoms. The summed E-state index contributed by atoms with van der Waals surface area (Å²) in [7, 11) is -3.87. The standard InChI is InChI=1S/C24H30Cl3N3O4S/c1-4-6-13-28-24(32)22(5-2)29(15-17-9-7-8-10-19(17)25)23(31)16-30(35(3,33)34)18-11-12-20(26)21(27)14-18/h7-12,14,22H,4-6,13,15-16H2,1-3H3,(H,28,32)/t22-/m0/s1. The van der Waals surface area contributed by atoms with Crippen molar-refractivity contribution in [1.82, 2.24) is 10.2 Å². The van der Waals surface area contributed by atoms with Crippen LogP contribution in [0.4, 0.5) is 5.69 Å². The Hall–Kier alpha value is -2.00. The van der Waals surface area contributed by atoms with Crippen LogP contribution in [-0.2, 0) is 26.2 Å². The summed E-state index contributed by atoms with van der Waals surface area (Å²) in [5, 5.41) is 3.72. The van der Waals surface area contributed by atoms with Crippen LogP contribution in [0.5, 0.6) is 0 Å². The molecular formula is C24H30Cl3N3O4S. The summed E-state index contributed by atoms with van der Waals surface area (Å²) in [6, 6.07) is 10.5. The number of sulfonamides is 1. The average molecular weight is 563 g/mol. The van der Waals surface area contributed by atoms with Crippen molar-refractivity contribution in [3.05, 3.63) is 63.1 Å². The molecule has 0 heterocycles. The van der Waals surface area contributed by atoms with Gasteiger partial charge in [-0.15, -0.1) is 0 Å². The molecule has 35 heavy (non-hydrogen) atoms. The molecule has 0 bridgehead atoms. The Morgan fingerprint density at radius 1 is 1.00 bits per heavy atom. The maximum Gasteiger partial charge on any atom is 0.244 e. The molecule has 0 unspecified atom stereocenters. The van der Waals surface area contributed by atoms with Crippen LogP contribution in [0.2, 0.25) is 15.1 Å². The van der Waals surface area contributed by atoms with Gasteiger partial charge in [0.2, 0.25) is 21.8 Å². The van der Waals surface area contributed by atoms with Crippen molar-refractivity contribution in [3.8, 4) is 0 Å². The highest BCUT2D eigenvalue weighted by atomic mass is 35.5. The Kier molecular flexibility index (Phi) is 11.1. The van der Waals surface area contributed by atoms with Gasteiger partial charge in [-0.05, 0) is 42.7 Å². The van der Waals surface area contributed by atoms with E-state index >= 15 is 0 Å². The van der Waals surface area contributed by atoms with Crippen molar-refractivity contribution >= 4 is 62.3 Å². The Morgan fingerprint density at radius 2 is 1.69 bits per heavy atom. The molecule has 0 saturated heterocycles. The first-order valence-electron chi connectivity index (χ1n) is 11.2. The first kappa shape index (κ1) is 29.2. The SMILES string of the molecule is CCCCNC(=O)[C@H](CC)N(Cc1ccccc1Cl)C(=O)CN(c1ccc(Cl)c(Cl)c1)S(C)(=O)=O. The maximum absolute atomic E-state index is 13.6. The second-order valence-electron chi connectivity index (χ2n) is 8.05. The van der Waals surface area contributed by atoms with Gasteiger partial charge in [0.25, 0.3) is 0 Å². The van der Waals surface area contributed by atoms with Gasteiger partial charge in [0.05, 0.1) is 22.0 Å². The molecule has 0 fully saturated rings. The van der Waals surface area contributed by atoms with Crippen molar-refractivity contribution in [2.45, 2.75) is 45.7 Å². The van der Waals surface area contributed by atoms with E-state index in [0.29, 0.717) is 23.6 Å². The van der Waals surface area contributed by atoms with E-state index in [9.17, 15) is 18.0 Å². The minimum absolute atomic E-state index is 0.0389. The Labute approximate surface area is 222 Å². The number of anilines is 1. The number of benzene rings is 2. The largest absolute Gasteiger partial charge is 0.354 e. The van der Waals surface area contributed by atoms with Crippen molar-refractivity contribution in [1.29, 1.82) is 0 Å². The van der Waals surface area contributed by atoms with Crippen molar-refractivity contribution in [2.24, 2.45) is 0 Å². The molecule has 7 nitrogen and oxygen atoms in total. The van der Waals surface area contributed by atoms with Gasteiger partial charge >= 0.3 is 0 Å². The predicted molar refractivity (Wildman–Crippen MR) is 143 cm³/mol. The number of hydrogen-bond acceptors (Lipinski definition) is 4. The quantitative estimate of drug-likeness (QED) is 0.363. The van der Waals surface area contributed by atoms with Gasteiger partial charge in [-0.1, -0.05) is 73.3 Å². The summed E-state index contributed by atoms with van der Waals surface area (Å²) < 4.78 is 26.2. The number of rotatable bonds is 12. The van der Waals surface area contributed by atoms with Gasteiger partial charge in [0.1, 0.15) is 12.6 Å². The van der Waals surface area contributed by atoms with Crippen LogP contribution in [0.25, 0.3) is 0 Å². The van der Waals surface area contributed by atoms with Crippen LogP contribution in [0.15, 0.2) is 42.5 Å². The highest BCUT2D eigenvalue weighted by molar-refractivity contribution is 7.92. The zero-order valence-corrected chi connectivity index (χ0v) is 23.0. The van der Waals surface area contributed by atoms with Gasteiger partial charge in [-0.3, -0.25) is 13.9 Å². The lowest BCUT2D eigenvalue weighted by Crippen LogP contribution is -2.52. The zero-order valence-electron chi connectivity index (χ0n) is 19.9. The second kappa shape index (κ2) is 13.3. The summed E-state index contributed by atoms with van der Waals surface area (Å²) >= 11 is 18.4. The molecule has 0 aliphatic rings. The zero-order chi connectivity index (χ0) is 26.2. The van der Waals surface area contributed by atoms with Crippen molar-refractivity contribution in [3.63, 3.8) is 0 Å². The molecule has 1 atom stereocenters. The summed E-state index contributed by atoms with van der Waals surface area (Å²) in [6.45, 7) is 3.81. The van der Waals surface area contributed by atoms with Gasteiger partial charge in [-0.25, -0.2) is 8.42 Å². The van der Waals surface area contributed by atoms with E-state index in [0.717, 1.165) is 23.4 Å². The highest BCUT2D eigenvalue weighted by Crippen LogP contribution is 2.29. The lowest BCUT2D eigenvalue weighted by atomic mass is 10.1. The van der Waals surface area contributed by atoms with E-state index in [1.165, 1.54) is 23.1 Å². The number of unbranched alkanes of at least 4 members (excludes halogenated alkanes) is 1. The first-order valence-corrected chi connectivity index (χ1v) is 14.2. The van der Waals surface area contributed by atoms with Crippen molar-refractivity contribution in [2.75, 3.05) is 23.7 Å². The third-order valence-electron chi connectivity index (χ3n) is 5.38. The number of nitrogens with one attached hydrogen (secondary N) is 1. The molecule has 192 valence electrons. The third kappa shape index (κ3) is 8.27. The molecule has 11 heteroatoms. The molecule has 0 aromatic heterocycles. The monoisotopic (exact) mass is 561 g/mol. The molecule has 0 saturated carbocycles. The number of nitrogens with zero attached hydrogens (tertiary/aromatic N) is 2. The summed E-state index contributed by atoms with van der Waals surface area (Å²) in [5.74, 6) is -0.860. The average Bonchev–Trinajstić information content (AvgIpc) is 2.79. The molecule has 2 aromatic carbocycles. The summed E-state index contributed by atoms with van der Waals surface area (Å²) in [4.78, 5) is 28.0. The molecule has 1 N–H and O–H groups in total. The Balaban J connectivity index is 2.43. The van der Waals surface area contributed by atoms with Crippen LogP contribution in [0, 0.1) is 0 Å². The topological polar surface area (TPSA) is 86.8 Å². The molecule has 2 rings (SSSR count). The second-order valence-corrected chi connectivity index (χ2v) is 11.2. The van der Waals surface area contributed by atoms with E-state index in [2.05, 4.69) is 5.32 Å². The molecular weight excluding hydrogens is 533 g/mol. The Bertz CT molecular complexity index is 1140. The van der Waals surface area contributed by atoms with Gasteiger partial charge < -0.3 is 10.2 Å². The molecule has 2 aromatic rings.